The van der Waals surface area contributed by atoms with Gasteiger partial charge in [0.25, 0.3) is 5.91 Å². The smallest absolute Gasteiger partial charge is 0.251 e. The Kier molecular flexibility index (Phi) is 6.45. The van der Waals surface area contributed by atoms with E-state index in [0.717, 1.165) is 44.3 Å². The van der Waals surface area contributed by atoms with Crippen molar-refractivity contribution < 1.29 is 17.9 Å². The number of nitrogens with one attached hydrogen (secondary N) is 2. The lowest BCUT2D eigenvalue weighted by molar-refractivity contribution is 0.0857. The van der Waals surface area contributed by atoms with Crippen LogP contribution in [-0.2, 0) is 14.8 Å². The summed E-state index contributed by atoms with van der Waals surface area (Å²) < 4.78 is 33.2. The van der Waals surface area contributed by atoms with E-state index < -0.39 is 10.0 Å². The first kappa shape index (κ1) is 19.1. The van der Waals surface area contributed by atoms with Gasteiger partial charge in [0.05, 0.1) is 11.0 Å². The lowest BCUT2D eigenvalue weighted by Gasteiger charge is -2.14. The van der Waals surface area contributed by atoms with E-state index >= 15 is 0 Å². The van der Waals surface area contributed by atoms with Crippen LogP contribution in [-0.4, -0.2) is 40.1 Å². The molecule has 26 heavy (non-hydrogen) atoms. The van der Waals surface area contributed by atoms with E-state index in [1.807, 2.05) is 0 Å². The molecule has 0 spiro atoms. The second-order valence-electron chi connectivity index (χ2n) is 6.81. The summed E-state index contributed by atoms with van der Waals surface area (Å²) in [5, 5.41) is 2.81. The number of amides is 1. The van der Waals surface area contributed by atoms with Crippen molar-refractivity contribution in [1.29, 1.82) is 0 Å². The molecule has 0 saturated carbocycles. The third kappa shape index (κ3) is 5.16. The topological polar surface area (TPSA) is 84.5 Å². The fraction of sp³-hybridized carbons (Fsp3) is 0.526. The van der Waals surface area contributed by atoms with Crippen LogP contribution in [0.2, 0.25) is 0 Å². The summed E-state index contributed by atoms with van der Waals surface area (Å²) in [6, 6.07) is 6.14. The van der Waals surface area contributed by atoms with Crippen LogP contribution in [0.1, 0.15) is 48.9 Å². The Labute approximate surface area is 155 Å². The average molecular weight is 378 g/mol. The van der Waals surface area contributed by atoms with Crippen LogP contribution in [0.5, 0.6) is 0 Å². The molecule has 1 fully saturated rings. The number of ether oxygens (including phenoxy) is 1. The molecule has 7 heteroatoms. The molecule has 1 aliphatic heterocycles. The zero-order valence-electron chi connectivity index (χ0n) is 14.9. The van der Waals surface area contributed by atoms with E-state index in [4.69, 9.17) is 4.74 Å². The Morgan fingerprint density at radius 3 is 2.85 bits per heavy atom. The molecule has 0 radical (unpaired) electrons. The number of benzene rings is 1. The molecule has 0 aromatic heterocycles. The molecule has 0 unspecified atom stereocenters. The zero-order valence-corrected chi connectivity index (χ0v) is 15.7. The van der Waals surface area contributed by atoms with Crippen molar-refractivity contribution in [3.05, 3.63) is 41.5 Å². The molecule has 1 aliphatic carbocycles. The second-order valence-corrected chi connectivity index (χ2v) is 8.57. The maximum Gasteiger partial charge on any atom is 0.251 e. The minimum Gasteiger partial charge on any atom is -0.376 e. The van der Waals surface area contributed by atoms with E-state index in [1.165, 1.54) is 18.6 Å². The third-order valence-corrected chi connectivity index (χ3v) is 6.19. The summed E-state index contributed by atoms with van der Waals surface area (Å²) in [6.45, 7) is 1.51. The highest BCUT2D eigenvalue weighted by atomic mass is 32.2. The highest BCUT2D eigenvalue weighted by molar-refractivity contribution is 7.89. The van der Waals surface area contributed by atoms with Gasteiger partial charge >= 0.3 is 0 Å². The molecule has 1 aromatic carbocycles. The first-order valence-electron chi connectivity index (χ1n) is 9.22. The molecule has 2 aliphatic rings. The maximum absolute atomic E-state index is 12.5. The van der Waals surface area contributed by atoms with Gasteiger partial charge in [0, 0.05) is 25.3 Å². The average Bonchev–Trinajstić information content (AvgIpc) is 3.19. The zero-order chi connectivity index (χ0) is 18.4. The predicted molar refractivity (Wildman–Crippen MR) is 99.5 cm³/mol. The van der Waals surface area contributed by atoms with E-state index in [2.05, 4.69) is 16.1 Å². The summed E-state index contributed by atoms with van der Waals surface area (Å²) in [5.41, 5.74) is 1.47. The molecular weight excluding hydrogens is 352 g/mol. The summed E-state index contributed by atoms with van der Waals surface area (Å²) in [7, 11) is -3.64. The predicted octanol–water partition coefficient (Wildman–Crippen LogP) is 2.37. The van der Waals surface area contributed by atoms with Gasteiger partial charge in [-0.1, -0.05) is 17.7 Å². The van der Waals surface area contributed by atoms with Crippen molar-refractivity contribution in [2.75, 3.05) is 19.7 Å². The van der Waals surface area contributed by atoms with Crippen molar-refractivity contribution in [2.45, 2.75) is 49.5 Å². The molecule has 1 atom stereocenters. The van der Waals surface area contributed by atoms with E-state index in [-0.39, 0.29) is 16.9 Å². The molecule has 6 nitrogen and oxygen atoms in total. The number of carbonyl (C=O) groups is 1. The number of sulfonamides is 1. The van der Waals surface area contributed by atoms with Crippen molar-refractivity contribution >= 4 is 15.9 Å². The Bertz CT molecular complexity index is 767. The van der Waals surface area contributed by atoms with E-state index in [9.17, 15) is 13.2 Å². The van der Waals surface area contributed by atoms with Gasteiger partial charge in [0.2, 0.25) is 10.0 Å². The number of rotatable bonds is 7. The summed E-state index contributed by atoms with van der Waals surface area (Å²) in [4.78, 5) is 12.4. The monoisotopic (exact) mass is 378 g/mol. The fourth-order valence-electron chi connectivity index (χ4n) is 3.25. The molecule has 2 N–H and O–H groups in total. The van der Waals surface area contributed by atoms with Crippen LogP contribution in [0, 0.1) is 0 Å². The number of hydrogen-bond acceptors (Lipinski definition) is 4. The highest BCUT2D eigenvalue weighted by Crippen LogP contribution is 2.18. The van der Waals surface area contributed by atoms with Crippen LogP contribution in [0.4, 0.5) is 0 Å². The second kappa shape index (κ2) is 8.79. The van der Waals surface area contributed by atoms with Crippen molar-refractivity contribution in [3.8, 4) is 0 Å². The van der Waals surface area contributed by atoms with Crippen molar-refractivity contribution in [1.82, 2.24) is 10.0 Å². The standard InChI is InChI=1S/C19H26N2O4S/c22-19(20-14-17-9-5-11-25-17)16-8-4-10-18(12-16)26(23,24)21-13-15-6-2-1-3-7-15/h4,6,8,10,12,17,21H,1-3,5,7,9,11,13-14H2,(H,20,22)/t17-/m0/s1. The summed E-state index contributed by atoms with van der Waals surface area (Å²) in [5.74, 6) is -0.285. The van der Waals surface area contributed by atoms with Gasteiger partial charge in [0.1, 0.15) is 0 Å². The van der Waals surface area contributed by atoms with E-state index in [0.29, 0.717) is 18.7 Å². The Morgan fingerprint density at radius 1 is 1.23 bits per heavy atom. The fourth-order valence-corrected chi connectivity index (χ4v) is 4.34. The lowest BCUT2D eigenvalue weighted by atomic mass is 10.0. The maximum atomic E-state index is 12.5. The lowest BCUT2D eigenvalue weighted by Crippen LogP contribution is -2.32. The van der Waals surface area contributed by atoms with Crippen LogP contribution in [0.15, 0.2) is 40.8 Å². The number of carbonyl (C=O) groups excluding carboxylic acids is 1. The van der Waals surface area contributed by atoms with Gasteiger partial charge in [0.15, 0.2) is 0 Å². The van der Waals surface area contributed by atoms with Gasteiger partial charge < -0.3 is 10.1 Å². The minimum atomic E-state index is -3.64. The molecule has 1 aromatic rings. The molecule has 1 heterocycles. The van der Waals surface area contributed by atoms with Crippen LogP contribution in [0.3, 0.4) is 0 Å². The van der Waals surface area contributed by atoms with Gasteiger partial charge in [-0.3, -0.25) is 4.79 Å². The summed E-state index contributed by atoms with van der Waals surface area (Å²) >= 11 is 0. The number of allylic oxidation sites excluding steroid dienone is 1. The van der Waals surface area contributed by atoms with Crippen LogP contribution in [0.25, 0.3) is 0 Å². The first-order valence-corrected chi connectivity index (χ1v) is 10.7. The molecule has 3 rings (SSSR count). The molecule has 0 bridgehead atoms. The van der Waals surface area contributed by atoms with Crippen LogP contribution >= 0.6 is 0 Å². The number of hydrogen-bond donors (Lipinski definition) is 2. The first-order chi connectivity index (χ1) is 12.5. The third-order valence-electron chi connectivity index (χ3n) is 4.80. The largest absolute Gasteiger partial charge is 0.376 e. The highest BCUT2D eigenvalue weighted by Gasteiger charge is 2.19. The molecule has 1 amide bonds. The normalized spacial score (nSPS) is 20.6. The van der Waals surface area contributed by atoms with Gasteiger partial charge in [-0.05, 0) is 56.7 Å². The summed E-state index contributed by atoms with van der Waals surface area (Å²) in [6.07, 6.45) is 8.33. The van der Waals surface area contributed by atoms with Gasteiger partial charge in [-0.25, -0.2) is 13.1 Å². The molecule has 142 valence electrons. The Morgan fingerprint density at radius 2 is 2.12 bits per heavy atom. The molecular formula is C19H26N2O4S. The Balaban J connectivity index is 1.61. The van der Waals surface area contributed by atoms with E-state index in [1.54, 1.807) is 12.1 Å². The van der Waals surface area contributed by atoms with Crippen molar-refractivity contribution in [3.63, 3.8) is 0 Å². The van der Waals surface area contributed by atoms with Crippen molar-refractivity contribution in [2.24, 2.45) is 0 Å². The van der Waals surface area contributed by atoms with Gasteiger partial charge in [-0.2, -0.15) is 0 Å². The Hall–Kier alpha value is -1.70. The molecule has 1 saturated heterocycles. The van der Waals surface area contributed by atoms with Gasteiger partial charge in [-0.15, -0.1) is 0 Å². The minimum absolute atomic E-state index is 0.0521. The quantitative estimate of drug-likeness (QED) is 0.714. The SMILES string of the molecule is O=C(NC[C@@H]1CCCO1)c1cccc(S(=O)(=O)NCC2=CCCCC2)c1. The van der Waals surface area contributed by atoms with Crippen LogP contribution < -0.4 is 10.0 Å².